The highest BCUT2D eigenvalue weighted by Crippen LogP contribution is 2.10. The van der Waals surface area contributed by atoms with E-state index in [1.54, 1.807) is 31.2 Å². The molecule has 2 N–H and O–H groups in total. The van der Waals surface area contributed by atoms with Gasteiger partial charge in [0.25, 0.3) is 5.91 Å². The molecule has 1 heterocycles. The lowest BCUT2D eigenvalue weighted by molar-refractivity contribution is -0.115. The number of hydrogen-bond acceptors (Lipinski definition) is 4. The zero-order valence-corrected chi connectivity index (χ0v) is 10.3. The van der Waals surface area contributed by atoms with Gasteiger partial charge in [-0.15, -0.1) is 10.2 Å². The fourth-order valence-electron chi connectivity index (χ4n) is 1.39. The maximum atomic E-state index is 11.8. The fraction of sp³-hybridized carbons (Fsp3) is 0.167. The molecule has 0 unspecified atom stereocenters. The van der Waals surface area contributed by atoms with Crippen LogP contribution in [-0.4, -0.2) is 26.7 Å². The Morgan fingerprint density at radius 2 is 1.79 bits per heavy atom. The number of amides is 2. The summed E-state index contributed by atoms with van der Waals surface area (Å²) in [5, 5.41) is 9.86. The topological polar surface area (TPSA) is 88.9 Å². The Balaban J connectivity index is 2.01. The van der Waals surface area contributed by atoms with E-state index in [4.69, 9.17) is 0 Å². The number of benzene rings is 1. The van der Waals surface area contributed by atoms with Crippen molar-refractivity contribution in [3.63, 3.8) is 0 Å². The number of aromatic nitrogens is 3. The van der Waals surface area contributed by atoms with Crippen LogP contribution >= 0.6 is 0 Å². The van der Waals surface area contributed by atoms with Gasteiger partial charge in [-0.3, -0.25) is 15.0 Å². The first-order valence-electron chi connectivity index (χ1n) is 5.75. The predicted octanol–water partition coefficient (Wildman–Crippen LogP) is 1.01. The van der Waals surface area contributed by atoms with Crippen LogP contribution in [0.4, 0.5) is 5.69 Å². The van der Waals surface area contributed by atoms with Crippen molar-refractivity contribution in [3.8, 4) is 0 Å². The number of rotatable bonds is 4. The fourth-order valence-corrected chi connectivity index (χ4v) is 1.39. The molecule has 0 atom stereocenters. The minimum absolute atomic E-state index is 0.0679. The molecular formula is C12H13N5O2. The van der Waals surface area contributed by atoms with Crippen LogP contribution in [0.1, 0.15) is 23.7 Å². The van der Waals surface area contributed by atoms with Gasteiger partial charge in [-0.25, -0.2) is 4.68 Å². The highest BCUT2D eigenvalue weighted by molar-refractivity contribution is 6.00. The second kappa shape index (κ2) is 5.76. The maximum Gasteiger partial charge on any atom is 0.270 e. The van der Waals surface area contributed by atoms with Crippen LogP contribution in [0.15, 0.2) is 36.9 Å². The molecule has 0 spiro atoms. The molecule has 0 saturated carbocycles. The summed E-state index contributed by atoms with van der Waals surface area (Å²) in [5.41, 5.74) is 3.71. The molecule has 2 rings (SSSR count). The van der Waals surface area contributed by atoms with Gasteiger partial charge < -0.3 is 5.32 Å². The molecule has 98 valence electrons. The zero-order chi connectivity index (χ0) is 13.7. The molecule has 1 aromatic carbocycles. The third kappa shape index (κ3) is 3.38. The number of nitrogens with zero attached hydrogens (tertiary/aromatic N) is 3. The summed E-state index contributed by atoms with van der Waals surface area (Å²) in [5.74, 6) is -0.352. The summed E-state index contributed by atoms with van der Waals surface area (Å²) in [6, 6.07) is 6.61. The first-order valence-corrected chi connectivity index (χ1v) is 5.75. The van der Waals surface area contributed by atoms with E-state index in [-0.39, 0.29) is 11.8 Å². The molecule has 0 aliphatic heterocycles. The van der Waals surface area contributed by atoms with Crippen molar-refractivity contribution in [1.82, 2.24) is 14.9 Å². The summed E-state index contributed by atoms with van der Waals surface area (Å²) in [6.07, 6.45) is 3.18. The summed E-state index contributed by atoms with van der Waals surface area (Å²) >= 11 is 0. The van der Waals surface area contributed by atoms with Gasteiger partial charge in [-0.2, -0.15) is 0 Å². The first kappa shape index (κ1) is 12.7. The Kier molecular flexibility index (Phi) is 3.87. The van der Waals surface area contributed by atoms with Gasteiger partial charge in [0.2, 0.25) is 5.91 Å². The summed E-state index contributed by atoms with van der Waals surface area (Å²) in [4.78, 5) is 23.0. The van der Waals surface area contributed by atoms with Crippen molar-refractivity contribution >= 4 is 17.5 Å². The second-order valence-corrected chi connectivity index (χ2v) is 3.79. The monoisotopic (exact) mass is 259 g/mol. The van der Waals surface area contributed by atoms with Crippen molar-refractivity contribution in [1.29, 1.82) is 0 Å². The van der Waals surface area contributed by atoms with Crippen molar-refractivity contribution in [3.05, 3.63) is 42.5 Å². The Morgan fingerprint density at radius 1 is 1.16 bits per heavy atom. The standard InChI is InChI=1S/C12H13N5O2/c1-2-11(18)15-10-5-3-9(4-6-10)12(19)16-17-7-13-14-8-17/h3-8H,2H2,1H3,(H,15,18)(H,16,19). The van der Waals surface area contributed by atoms with Gasteiger partial charge in [0.15, 0.2) is 0 Å². The van der Waals surface area contributed by atoms with E-state index in [0.29, 0.717) is 17.7 Å². The molecule has 0 saturated heterocycles. The lowest BCUT2D eigenvalue weighted by Crippen LogP contribution is -2.21. The number of hydrogen-bond donors (Lipinski definition) is 2. The van der Waals surface area contributed by atoms with Crippen LogP contribution in [0.3, 0.4) is 0 Å². The number of nitrogens with one attached hydrogen (secondary N) is 2. The third-order valence-electron chi connectivity index (χ3n) is 2.40. The minimum atomic E-state index is -0.284. The molecule has 7 nitrogen and oxygen atoms in total. The molecule has 0 fully saturated rings. The average Bonchev–Trinajstić information content (AvgIpc) is 2.92. The Morgan fingerprint density at radius 3 is 2.37 bits per heavy atom. The number of carbonyl (C=O) groups excluding carboxylic acids is 2. The molecule has 19 heavy (non-hydrogen) atoms. The lowest BCUT2D eigenvalue weighted by Gasteiger charge is -2.06. The molecular weight excluding hydrogens is 246 g/mol. The van der Waals surface area contributed by atoms with Crippen molar-refractivity contribution in [2.45, 2.75) is 13.3 Å². The molecule has 2 amide bonds. The van der Waals surface area contributed by atoms with E-state index in [2.05, 4.69) is 20.9 Å². The molecule has 0 aliphatic rings. The van der Waals surface area contributed by atoms with Gasteiger partial charge in [0.05, 0.1) is 0 Å². The summed E-state index contributed by atoms with van der Waals surface area (Å²) in [7, 11) is 0. The van der Waals surface area contributed by atoms with Gasteiger partial charge in [-0.1, -0.05) is 6.92 Å². The summed E-state index contributed by atoms with van der Waals surface area (Å²) < 4.78 is 1.36. The minimum Gasteiger partial charge on any atom is -0.326 e. The molecule has 7 heteroatoms. The average molecular weight is 259 g/mol. The van der Waals surface area contributed by atoms with E-state index in [0.717, 1.165) is 0 Å². The highest BCUT2D eigenvalue weighted by atomic mass is 16.2. The van der Waals surface area contributed by atoms with Crippen LogP contribution in [0, 0.1) is 0 Å². The second-order valence-electron chi connectivity index (χ2n) is 3.79. The van der Waals surface area contributed by atoms with Crippen LogP contribution in [0.5, 0.6) is 0 Å². The highest BCUT2D eigenvalue weighted by Gasteiger charge is 2.06. The van der Waals surface area contributed by atoms with Crippen LogP contribution < -0.4 is 10.7 Å². The normalized spacial score (nSPS) is 9.95. The first-order chi connectivity index (χ1) is 9.19. The zero-order valence-electron chi connectivity index (χ0n) is 10.3. The van der Waals surface area contributed by atoms with Crippen LogP contribution in [0.25, 0.3) is 0 Å². The Hall–Kier alpha value is -2.70. The van der Waals surface area contributed by atoms with Crippen LogP contribution in [0.2, 0.25) is 0 Å². The van der Waals surface area contributed by atoms with Crippen molar-refractivity contribution in [2.24, 2.45) is 0 Å². The number of carbonyl (C=O) groups is 2. The third-order valence-corrected chi connectivity index (χ3v) is 2.40. The molecule has 1 aromatic heterocycles. The smallest absolute Gasteiger partial charge is 0.270 e. The van der Waals surface area contributed by atoms with E-state index in [1.165, 1.54) is 17.3 Å². The molecule has 0 aliphatic carbocycles. The van der Waals surface area contributed by atoms with Gasteiger partial charge in [-0.05, 0) is 24.3 Å². The van der Waals surface area contributed by atoms with E-state index in [1.807, 2.05) is 0 Å². The Bertz CT molecular complexity index is 562. The molecule has 2 aromatic rings. The largest absolute Gasteiger partial charge is 0.326 e. The van der Waals surface area contributed by atoms with E-state index in [9.17, 15) is 9.59 Å². The van der Waals surface area contributed by atoms with Gasteiger partial charge in [0.1, 0.15) is 12.7 Å². The van der Waals surface area contributed by atoms with Crippen LogP contribution in [-0.2, 0) is 4.79 Å². The van der Waals surface area contributed by atoms with Gasteiger partial charge in [0, 0.05) is 17.7 Å². The van der Waals surface area contributed by atoms with Gasteiger partial charge >= 0.3 is 0 Å². The number of anilines is 1. The Labute approximate surface area is 109 Å². The van der Waals surface area contributed by atoms with Crippen molar-refractivity contribution < 1.29 is 9.59 Å². The van der Waals surface area contributed by atoms with E-state index >= 15 is 0 Å². The summed E-state index contributed by atoms with van der Waals surface area (Å²) in [6.45, 7) is 1.77. The maximum absolute atomic E-state index is 11.8. The van der Waals surface area contributed by atoms with Crippen molar-refractivity contribution in [2.75, 3.05) is 10.7 Å². The molecule has 0 radical (unpaired) electrons. The lowest BCUT2D eigenvalue weighted by atomic mass is 10.2. The molecule has 0 bridgehead atoms. The van der Waals surface area contributed by atoms with E-state index < -0.39 is 0 Å². The SMILES string of the molecule is CCC(=O)Nc1ccc(C(=O)Nn2cnnc2)cc1. The quantitative estimate of drug-likeness (QED) is 0.857. The predicted molar refractivity (Wildman–Crippen MR) is 69.1 cm³/mol.